The van der Waals surface area contributed by atoms with Gasteiger partial charge in [-0.1, -0.05) is 11.6 Å². The van der Waals surface area contributed by atoms with E-state index in [2.05, 4.69) is 20.9 Å². The second kappa shape index (κ2) is 10.1. The number of benzene rings is 2. The molecule has 0 aliphatic heterocycles. The van der Waals surface area contributed by atoms with Gasteiger partial charge in [0.25, 0.3) is 0 Å². The highest BCUT2D eigenvalue weighted by Gasteiger charge is 2.56. The number of pyridine rings is 1. The zero-order valence-corrected chi connectivity index (χ0v) is 20.9. The zero-order valence-electron chi connectivity index (χ0n) is 20.2. The van der Waals surface area contributed by atoms with Crippen LogP contribution in [0.3, 0.4) is 0 Å². The van der Waals surface area contributed by atoms with Gasteiger partial charge in [-0.25, -0.2) is 9.37 Å². The molecular formula is C27H25ClF4N4O2. The fourth-order valence-corrected chi connectivity index (χ4v) is 5.03. The van der Waals surface area contributed by atoms with Crippen LogP contribution in [0.4, 0.5) is 28.9 Å². The minimum Gasteiger partial charge on any atom is -0.382 e. The van der Waals surface area contributed by atoms with Gasteiger partial charge in [0.2, 0.25) is 11.8 Å². The van der Waals surface area contributed by atoms with Crippen molar-refractivity contribution < 1.29 is 27.2 Å². The molecule has 5 rings (SSSR count). The van der Waals surface area contributed by atoms with Crippen molar-refractivity contribution in [1.29, 1.82) is 0 Å². The number of aromatic nitrogens is 1. The molecule has 2 aromatic carbocycles. The van der Waals surface area contributed by atoms with Crippen LogP contribution in [-0.2, 0) is 15.8 Å². The highest BCUT2D eigenvalue weighted by molar-refractivity contribution is 6.31. The van der Waals surface area contributed by atoms with Gasteiger partial charge in [-0.3, -0.25) is 9.59 Å². The normalized spacial score (nSPS) is 20.6. The van der Waals surface area contributed by atoms with Crippen LogP contribution in [0.2, 0.25) is 5.02 Å². The van der Waals surface area contributed by atoms with Gasteiger partial charge in [0.15, 0.2) is 0 Å². The van der Waals surface area contributed by atoms with Crippen molar-refractivity contribution in [1.82, 2.24) is 10.3 Å². The predicted molar refractivity (Wildman–Crippen MR) is 136 cm³/mol. The summed E-state index contributed by atoms with van der Waals surface area (Å²) >= 11 is 6.08. The SMILES string of the molecule is O=C(Nc1ccc(F)cc1)C1(C(=O)N[C@H]2CC[C@@H](Nc3cc(C(F)(F)F)nc4ccc(Cl)cc34)CC2)CC1. The number of nitrogens with zero attached hydrogens (tertiary/aromatic N) is 1. The minimum absolute atomic E-state index is 0.106. The fourth-order valence-electron chi connectivity index (χ4n) is 4.85. The third kappa shape index (κ3) is 5.55. The van der Waals surface area contributed by atoms with E-state index in [1.807, 2.05) is 0 Å². The van der Waals surface area contributed by atoms with Crippen LogP contribution in [0.1, 0.15) is 44.2 Å². The van der Waals surface area contributed by atoms with E-state index in [-0.39, 0.29) is 23.5 Å². The van der Waals surface area contributed by atoms with Gasteiger partial charge in [0.05, 0.1) is 5.52 Å². The zero-order chi connectivity index (χ0) is 27.1. The number of carbonyl (C=O) groups is 2. The molecule has 0 radical (unpaired) electrons. The molecule has 3 N–H and O–H groups in total. The fraction of sp³-hybridized carbons (Fsp3) is 0.370. The number of hydrogen-bond donors (Lipinski definition) is 3. The third-order valence-corrected chi connectivity index (χ3v) is 7.44. The Balaban J connectivity index is 1.20. The molecule has 2 aliphatic rings. The van der Waals surface area contributed by atoms with Crippen LogP contribution in [0, 0.1) is 11.2 Å². The summed E-state index contributed by atoms with van der Waals surface area (Å²) in [6.07, 6.45) is -1.28. The Morgan fingerprint density at radius 3 is 2.21 bits per heavy atom. The number of hydrogen-bond acceptors (Lipinski definition) is 4. The summed E-state index contributed by atoms with van der Waals surface area (Å²) in [4.78, 5) is 29.5. The van der Waals surface area contributed by atoms with Crippen LogP contribution in [0.15, 0.2) is 48.5 Å². The Labute approximate surface area is 221 Å². The van der Waals surface area contributed by atoms with Gasteiger partial charge in [-0.15, -0.1) is 0 Å². The maximum absolute atomic E-state index is 13.4. The second-order valence-corrected chi connectivity index (χ2v) is 10.4. The van der Waals surface area contributed by atoms with Crippen molar-refractivity contribution in [2.45, 2.75) is 56.8 Å². The molecule has 6 nitrogen and oxygen atoms in total. The topological polar surface area (TPSA) is 83.1 Å². The van der Waals surface area contributed by atoms with E-state index in [1.54, 1.807) is 6.07 Å². The Morgan fingerprint density at radius 1 is 0.921 bits per heavy atom. The number of fused-ring (bicyclic) bond motifs is 1. The molecule has 2 saturated carbocycles. The first-order chi connectivity index (χ1) is 18.0. The summed E-state index contributed by atoms with van der Waals surface area (Å²) in [6.45, 7) is 0. The summed E-state index contributed by atoms with van der Waals surface area (Å²) in [7, 11) is 0. The molecular weight excluding hydrogens is 524 g/mol. The summed E-state index contributed by atoms with van der Waals surface area (Å²) < 4.78 is 53.4. The Bertz CT molecular complexity index is 1370. The predicted octanol–water partition coefficient (Wildman–Crippen LogP) is 6.30. The molecule has 0 atom stereocenters. The van der Waals surface area contributed by atoms with Crippen LogP contribution in [0.5, 0.6) is 0 Å². The number of alkyl halides is 3. The second-order valence-electron chi connectivity index (χ2n) is 9.92. The van der Waals surface area contributed by atoms with Crippen LogP contribution >= 0.6 is 11.6 Å². The van der Waals surface area contributed by atoms with E-state index >= 15 is 0 Å². The van der Waals surface area contributed by atoms with E-state index < -0.39 is 29.0 Å². The van der Waals surface area contributed by atoms with Gasteiger partial charge < -0.3 is 16.0 Å². The summed E-state index contributed by atoms with van der Waals surface area (Å²) in [5.41, 5.74) is -1.19. The molecule has 1 heterocycles. The lowest BCUT2D eigenvalue weighted by molar-refractivity contribution is -0.141. The van der Waals surface area contributed by atoms with Crippen molar-refractivity contribution in [2.24, 2.45) is 5.41 Å². The average Bonchev–Trinajstić information content (AvgIpc) is 3.69. The number of halogens is 5. The smallest absolute Gasteiger partial charge is 0.382 e. The van der Waals surface area contributed by atoms with Gasteiger partial charge in [0.1, 0.15) is 16.9 Å². The van der Waals surface area contributed by atoms with E-state index in [0.29, 0.717) is 60.3 Å². The van der Waals surface area contributed by atoms with Crippen molar-refractivity contribution in [3.05, 3.63) is 65.1 Å². The molecule has 200 valence electrons. The van der Waals surface area contributed by atoms with Crippen molar-refractivity contribution >= 4 is 45.7 Å². The maximum atomic E-state index is 13.4. The van der Waals surface area contributed by atoms with E-state index in [1.165, 1.54) is 36.4 Å². The number of carbonyl (C=O) groups excluding carboxylic acids is 2. The molecule has 2 fully saturated rings. The summed E-state index contributed by atoms with van der Waals surface area (Å²) in [5, 5.41) is 9.80. The highest BCUT2D eigenvalue weighted by atomic mass is 35.5. The first-order valence-electron chi connectivity index (χ1n) is 12.4. The van der Waals surface area contributed by atoms with Crippen molar-refractivity contribution in [3.63, 3.8) is 0 Å². The Kier molecular flexibility index (Phi) is 6.94. The van der Waals surface area contributed by atoms with Gasteiger partial charge >= 0.3 is 6.18 Å². The Morgan fingerprint density at radius 2 is 1.58 bits per heavy atom. The van der Waals surface area contributed by atoms with Crippen LogP contribution in [0.25, 0.3) is 10.9 Å². The van der Waals surface area contributed by atoms with Gasteiger partial charge in [-0.05, 0) is 87.1 Å². The largest absolute Gasteiger partial charge is 0.433 e. The highest BCUT2D eigenvalue weighted by Crippen LogP contribution is 2.47. The third-order valence-electron chi connectivity index (χ3n) is 7.20. The van der Waals surface area contributed by atoms with E-state index in [0.717, 1.165) is 6.07 Å². The minimum atomic E-state index is -4.59. The number of amides is 2. The quantitative estimate of drug-likeness (QED) is 0.249. The number of anilines is 2. The summed E-state index contributed by atoms with van der Waals surface area (Å²) in [5.74, 6) is -1.17. The van der Waals surface area contributed by atoms with Gasteiger partial charge in [-0.2, -0.15) is 13.2 Å². The molecule has 3 aromatic rings. The molecule has 0 spiro atoms. The lowest BCUT2D eigenvalue weighted by Gasteiger charge is -2.31. The molecule has 38 heavy (non-hydrogen) atoms. The summed E-state index contributed by atoms with van der Waals surface area (Å²) in [6, 6.07) is 10.6. The maximum Gasteiger partial charge on any atom is 0.433 e. The van der Waals surface area contributed by atoms with Crippen molar-refractivity contribution in [3.8, 4) is 0 Å². The van der Waals surface area contributed by atoms with E-state index in [9.17, 15) is 27.2 Å². The molecule has 2 aliphatic carbocycles. The molecule has 2 amide bonds. The van der Waals surface area contributed by atoms with E-state index in [4.69, 9.17) is 11.6 Å². The molecule has 0 bridgehead atoms. The first-order valence-corrected chi connectivity index (χ1v) is 12.7. The molecule has 0 unspecified atom stereocenters. The molecule has 0 saturated heterocycles. The number of rotatable bonds is 6. The Hall–Kier alpha value is -3.40. The first kappa shape index (κ1) is 26.2. The lowest BCUT2D eigenvalue weighted by atomic mass is 9.90. The average molecular weight is 549 g/mol. The van der Waals surface area contributed by atoms with Crippen LogP contribution < -0.4 is 16.0 Å². The molecule has 11 heteroatoms. The monoisotopic (exact) mass is 548 g/mol. The lowest BCUT2D eigenvalue weighted by Crippen LogP contribution is -2.46. The number of nitrogens with one attached hydrogen (secondary N) is 3. The van der Waals surface area contributed by atoms with Gasteiger partial charge in [0, 0.05) is 33.9 Å². The molecule has 1 aromatic heterocycles. The van der Waals surface area contributed by atoms with Crippen molar-refractivity contribution in [2.75, 3.05) is 10.6 Å². The standard InChI is InChI=1S/C27H25ClF4N4O2/c28-15-1-10-21-20(13-15)22(14-23(36-21)27(30,31)32)33-17-6-8-19(9-7-17)35-25(38)26(11-12-26)24(37)34-18-4-2-16(29)3-5-18/h1-5,10,13-14,17,19H,6-9,11-12H2,(H,33,36)(H,34,37)(H,35,38)/t17-,19+. The van der Waals surface area contributed by atoms with Crippen LogP contribution in [-0.4, -0.2) is 28.9 Å².